The van der Waals surface area contributed by atoms with Crippen molar-refractivity contribution in [2.45, 2.75) is 6.42 Å². The molecule has 0 bridgehead atoms. The van der Waals surface area contributed by atoms with Crippen molar-refractivity contribution in [3.63, 3.8) is 0 Å². The number of benzene rings is 1. The molecule has 1 heterocycles. The molecule has 0 saturated carbocycles. The quantitative estimate of drug-likeness (QED) is 0.582. The second kappa shape index (κ2) is 4.47. The second-order valence-corrected chi connectivity index (χ2v) is 5.26. The molecule has 1 fully saturated rings. The van der Waals surface area contributed by atoms with Crippen LogP contribution in [-0.4, -0.2) is 36.9 Å². The molecule has 5 nitrogen and oxygen atoms in total. The van der Waals surface area contributed by atoms with Gasteiger partial charge in [-0.15, -0.1) is 0 Å². The van der Waals surface area contributed by atoms with E-state index in [9.17, 15) is 14.4 Å². The fraction of sp³-hybridized carbons (Fsp3) is 0.100. The average molecular weight is 283 g/mol. The fourth-order valence-electron chi connectivity index (χ4n) is 1.22. The van der Waals surface area contributed by atoms with Crippen LogP contribution in [0.3, 0.4) is 0 Å². The molecule has 0 atom stereocenters. The van der Waals surface area contributed by atoms with Gasteiger partial charge in [-0.3, -0.25) is 0 Å². The number of carbonyl (C=O) groups is 3. The molecule has 1 aromatic carbocycles. The summed E-state index contributed by atoms with van der Waals surface area (Å²) in [4.78, 5) is 33.8. The van der Waals surface area contributed by atoms with E-state index in [4.69, 9.17) is 0 Å². The Morgan fingerprint density at radius 3 is 2.44 bits per heavy atom. The molecule has 1 saturated heterocycles. The van der Waals surface area contributed by atoms with Crippen molar-refractivity contribution in [3.8, 4) is 0 Å². The molecular weight excluding hydrogens is 275 g/mol. The van der Waals surface area contributed by atoms with Crippen LogP contribution in [0.2, 0.25) is 0 Å². The number of amides is 4. The van der Waals surface area contributed by atoms with Crippen molar-refractivity contribution < 1.29 is 14.4 Å². The zero-order valence-electron chi connectivity index (χ0n) is 8.17. The van der Waals surface area contributed by atoms with Gasteiger partial charge in [-0.1, -0.05) is 0 Å². The van der Waals surface area contributed by atoms with Gasteiger partial charge in [0.25, 0.3) is 0 Å². The number of hydrogen-bond acceptors (Lipinski definition) is 3. The van der Waals surface area contributed by atoms with Gasteiger partial charge in [-0.25, -0.2) is 0 Å². The van der Waals surface area contributed by atoms with Gasteiger partial charge in [-0.05, 0) is 0 Å². The molecule has 0 aliphatic carbocycles. The monoisotopic (exact) mass is 284 g/mol. The number of nitrogens with one attached hydrogen (secondary N) is 1. The molecule has 2 rings (SSSR count). The Bertz CT molecular complexity index is 427. The van der Waals surface area contributed by atoms with E-state index in [1.807, 2.05) is 30.3 Å². The van der Waals surface area contributed by atoms with E-state index in [0.29, 0.717) is 0 Å². The summed E-state index contributed by atoms with van der Waals surface area (Å²) in [7, 11) is 0. The van der Waals surface area contributed by atoms with E-state index in [0.717, 1.165) is 8.38 Å². The van der Waals surface area contributed by atoms with Crippen molar-refractivity contribution in [1.29, 1.82) is 0 Å². The third-order valence-corrected chi connectivity index (χ3v) is 4.08. The Morgan fingerprint density at radius 2 is 1.81 bits per heavy atom. The maximum absolute atomic E-state index is 11.5. The van der Waals surface area contributed by atoms with Crippen LogP contribution >= 0.6 is 0 Å². The van der Waals surface area contributed by atoms with Crippen LogP contribution in [0.15, 0.2) is 30.3 Å². The van der Waals surface area contributed by atoms with Gasteiger partial charge in [0, 0.05) is 0 Å². The van der Waals surface area contributed by atoms with Crippen molar-refractivity contribution in [3.05, 3.63) is 30.3 Å². The first-order valence-electron chi connectivity index (χ1n) is 4.56. The number of hydrogen-bond donors (Lipinski definition) is 1. The van der Waals surface area contributed by atoms with Crippen LogP contribution in [0.4, 0.5) is 4.79 Å². The standard InChI is InChI=1S/C10H8N2O3Se/c13-8-6-9(14)12(10(15)11-8)16-7-4-2-1-3-5-7/h1-5H,6H2,(H,11,13,15). The Morgan fingerprint density at radius 1 is 1.12 bits per heavy atom. The van der Waals surface area contributed by atoms with E-state index in [2.05, 4.69) is 5.32 Å². The van der Waals surface area contributed by atoms with E-state index in [-0.39, 0.29) is 6.42 Å². The summed E-state index contributed by atoms with van der Waals surface area (Å²) < 4.78 is 2.01. The van der Waals surface area contributed by atoms with Crippen molar-refractivity contribution >= 4 is 37.5 Å². The molecule has 4 amide bonds. The SMILES string of the molecule is O=C1CC(=O)N([Se]c2ccccc2)C(=O)N1. The predicted molar refractivity (Wildman–Crippen MR) is 56.8 cm³/mol. The minimum absolute atomic E-state index is 0.250. The van der Waals surface area contributed by atoms with E-state index >= 15 is 0 Å². The number of carbonyl (C=O) groups excluding carboxylic acids is 3. The topological polar surface area (TPSA) is 66.5 Å². The van der Waals surface area contributed by atoms with Crippen LogP contribution in [-0.2, 0) is 9.59 Å². The van der Waals surface area contributed by atoms with Gasteiger partial charge in [-0.2, -0.15) is 0 Å². The second-order valence-electron chi connectivity index (χ2n) is 3.12. The normalized spacial score (nSPS) is 16.2. The first-order chi connectivity index (χ1) is 7.66. The van der Waals surface area contributed by atoms with E-state index in [1.54, 1.807) is 0 Å². The van der Waals surface area contributed by atoms with Crippen LogP contribution in [0, 0.1) is 0 Å². The van der Waals surface area contributed by atoms with Crippen LogP contribution in [0.5, 0.6) is 0 Å². The molecule has 1 aromatic rings. The van der Waals surface area contributed by atoms with Gasteiger partial charge >= 0.3 is 97.9 Å². The van der Waals surface area contributed by atoms with Gasteiger partial charge < -0.3 is 0 Å². The summed E-state index contributed by atoms with van der Waals surface area (Å²) in [5, 5.41) is 2.12. The molecule has 0 spiro atoms. The molecular formula is C10H8N2O3Se. The summed E-state index contributed by atoms with van der Waals surface area (Å²) in [5.74, 6) is -0.965. The number of barbiturate groups is 1. The summed E-state index contributed by atoms with van der Waals surface area (Å²) in [6.45, 7) is 0. The summed E-state index contributed by atoms with van der Waals surface area (Å²) in [5.41, 5.74) is 0. The summed E-state index contributed by atoms with van der Waals surface area (Å²) >= 11 is -0.414. The molecule has 0 aromatic heterocycles. The molecule has 1 aliphatic rings. The van der Waals surface area contributed by atoms with E-state index < -0.39 is 33.0 Å². The Balaban J connectivity index is 2.13. The number of urea groups is 1. The Hall–Kier alpha value is -1.65. The molecule has 0 unspecified atom stereocenters. The predicted octanol–water partition coefficient (Wildman–Crippen LogP) is -0.600. The first-order valence-corrected chi connectivity index (χ1v) is 6.19. The average Bonchev–Trinajstić information content (AvgIpc) is 2.25. The van der Waals surface area contributed by atoms with Crippen LogP contribution in [0.25, 0.3) is 0 Å². The maximum atomic E-state index is 11.5. The third-order valence-electron chi connectivity index (χ3n) is 1.91. The van der Waals surface area contributed by atoms with Gasteiger partial charge in [0.1, 0.15) is 0 Å². The molecule has 1 N–H and O–H groups in total. The van der Waals surface area contributed by atoms with Gasteiger partial charge in [0.2, 0.25) is 0 Å². The van der Waals surface area contributed by atoms with Gasteiger partial charge in [0.15, 0.2) is 0 Å². The number of imide groups is 2. The minimum atomic E-state index is -0.620. The Labute approximate surface area is 98.2 Å². The van der Waals surface area contributed by atoms with Crippen LogP contribution in [0.1, 0.15) is 6.42 Å². The van der Waals surface area contributed by atoms with Crippen molar-refractivity contribution in [2.24, 2.45) is 0 Å². The van der Waals surface area contributed by atoms with Crippen molar-refractivity contribution in [2.75, 3.05) is 0 Å². The zero-order chi connectivity index (χ0) is 11.5. The molecule has 0 radical (unpaired) electrons. The summed E-state index contributed by atoms with van der Waals surface area (Å²) in [6.07, 6.45) is -0.250. The number of nitrogens with zero attached hydrogens (tertiary/aromatic N) is 1. The Kier molecular flexibility index (Phi) is 3.03. The van der Waals surface area contributed by atoms with E-state index in [1.165, 1.54) is 0 Å². The third kappa shape index (κ3) is 2.29. The molecule has 82 valence electrons. The fourth-order valence-corrected chi connectivity index (χ4v) is 2.86. The summed E-state index contributed by atoms with van der Waals surface area (Å²) in [6, 6.07) is 8.61. The first kappa shape index (κ1) is 10.9. The van der Waals surface area contributed by atoms with Crippen LogP contribution < -0.4 is 9.78 Å². The zero-order valence-corrected chi connectivity index (χ0v) is 9.89. The molecule has 6 heteroatoms. The van der Waals surface area contributed by atoms with Crippen molar-refractivity contribution in [1.82, 2.24) is 9.23 Å². The van der Waals surface area contributed by atoms with Gasteiger partial charge in [0.05, 0.1) is 0 Å². The molecule has 16 heavy (non-hydrogen) atoms. The number of rotatable bonds is 2. The molecule has 1 aliphatic heterocycles.